The van der Waals surface area contributed by atoms with E-state index < -0.39 is 0 Å². The zero-order valence-corrected chi connectivity index (χ0v) is 12.2. The molecule has 0 fully saturated rings. The van der Waals surface area contributed by atoms with Crippen LogP contribution in [0.3, 0.4) is 0 Å². The second kappa shape index (κ2) is 5.61. The van der Waals surface area contributed by atoms with Gasteiger partial charge in [-0.3, -0.25) is 0 Å². The minimum Gasteiger partial charge on any atom is -0.475 e. The Bertz CT molecular complexity index is 466. The van der Waals surface area contributed by atoms with Gasteiger partial charge in [0, 0.05) is 18.8 Å². The molecule has 2 rings (SSSR count). The summed E-state index contributed by atoms with van der Waals surface area (Å²) in [4.78, 5) is 6.79. The summed E-state index contributed by atoms with van der Waals surface area (Å²) in [6, 6.07) is 8.17. The minimum absolute atomic E-state index is 0.119. The van der Waals surface area contributed by atoms with Gasteiger partial charge in [0.05, 0.1) is 11.1 Å². The number of hydrogen-bond acceptors (Lipinski definition) is 4. The quantitative estimate of drug-likeness (QED) is 0.883. The van der Waals surface area contributed by atoms with E-state index in [2.05, 4.69) is 55.3 Å². The molecule has 0 radical (unpaired) electrons. The normalized spacial score (nSPS) is 17.2. The Labute approximate surface area is 115 Å². The molecular weight excluding hydrogens is 238 g/mol. The third kappa shape index (κ3) is 3.70. The maximum atomic E-state index is 5.72. The molecule has 0 unspecified atom stereocenters. The highest BCUT2D eigenvalue weighted by molar-refractivity contribution is 6.00. The zero-order chi connectivity index (χ0) is 13.9. The standard InChI is InChI=1S/C15H23N3O/c1-15(2)11-19-14(17-15)12-7-5-6-8-13(12)16-9-10-18(3)4/h5-8,16H,9-11H2,1-4H3. The molecule has 1 aromatic carbocycles. The zero-order valence-electron chi connectivity index (χ0n) is 12.2. The van der Waals surface area contributed by atoms with Crippen molar-refractivity contribution in [3.8, 4) is 0 Å². The predicted octanol–water partition coefficient (Wildman–Crippen LogP) is 2.22. The van der Waals surface area contributed by atoms with Gasteiger partial charge >= 0.3 is 0 Å². The summed E-state index contributed by atoms with van der Waals surface area (Å²) in [5.74, 6) is 0.748. The van der Waals surface area contributed by atoms with Crippen molar-refractivity contribution in [1.29, 1.82) is 0 Å². The molecular formula is C15H23N3O. The van der Waals surface area contributed by atoms with E-state index in [-0.39, 0.29) is 5.54 Å². The number of anilines is 1. The van der Waals surface area contributed by atoms with Crippen LogP contribution in [0.2, 0.25) is 0 Å². The first kappa shape index (κ1) is 13.9. The lowest BCUT2D eigenvalue weighted by molar-refractivity contribution is 0.279. The van der Waals surface area contributed by atoms with Crippen molar-refractivity contribution >= 4 is 11.6 Å². The van der Waals surface area contributed by atoms with Crippen molar-refractivity contribution in [3.63, 3.8) is 0 Å². The van der Waals surface area contributed by atoms with Gasteiger partial charge < -0.3 is 15.0 Å². The van der Waals surface area contributed by atoms with Crippen LogP contribution in [-0.4, -0.2) is 50.1 Å². The largest absolute Gasteiger partial charge is 0.475 e. The van der Waals surface area contributed by atoms with Gasteiger partial charge in [0.15, 0.2) is 0 Å². The summed E-state index contributed by atoms with van der Waals surface area (Å²) < 4.78 is 5.72. The minimum atomic E-state index is -0.119. The molecule has 0 aromatic heterocycles. The first-order valence-electron chi connectivity index (χ1n) is 6.69. The van der Waals surface area contributed by atoms with E-state index >= 15 is 0 Å². The van der Waals surface area contributed by atoms with Crippen molar-refractivity contribution in [2.45, 2.75) is 19.4 Å². The molecule has 0 amide bonds. The molecule has 0 spiro atoms. The van der Waals surface area contributed by atoms with E-state index in [0.717, 1.165) is 30.2 Å². The van der Waals surface area contributed by atoms with Gasteiger partial charge in [0.2, 0.25) is 5.90 Å². The Morgan fingerprint density at radius 3 is 2.68 bits per heavy atom. The molecule has 0 saturated carbocycles. The number of nitrogens with one attached hydrogen (secondary N) is 1. The Morgan fingerprint density at radius 1 is 1.32 bits per heavy atom. The molecule has 0 bridgehead atoms. The highest BCUT2D eigenvalue weighted by Crippen LogP contribution is 2.24. The lowest BCUT2D eigenvalue weighted by Gasteiger charge is -2.14. The number of benzene rings is 1. The van der Waals surface area contributed by atoms with Crippen LogP contribution in [0.5, 0.6) is 0 Å². The Kier molecular flexibility index (Phi) is 4.10. The fourth-order valence-electron chi connectivity index (χ4n) is 1.96. The van der Waals surface area contributed by atoms with Crippen LogP contribution in [-0.2, 0) is 4.74 Å². The van der Waals surface area contributed by atoms with Crippen LogP contribution in [0.25, 0.3) is 0 Å². The average Bonchev–Trinajstić information content (AvgIpc) is 2.70. The number of hydrogen-bond donors (Lipinski definition) is 1. The molecule has 1 heterocycles. The molecule has 0 atom stereocenters. The fourth-order valence-corrected chi connectivity index (χ4v) is 1.96. The van der Waals surface area contributed by atoms with Crippen LogP contribution in [0.1, 0.15) is 19.4 Å². The second-order valence-electron chi connectivity index (χ2n) is 5.79. The van der Waals surface area contributed by atoms with E-state index in [1.54, 1.807) is 0 Å². The summed E-state index contributed by atoms with van der Waals surface area (Å²) >= 11 is 0. The summed E-state index contributed by atoms with van der Waals surface area (Å²) in [6.07, 6.45) is 0. The molecule has 104 valence electrons. The van der Waals surface area contributed by atoms with E-state index in [9.17, 15) is 0 Å². The molecule has 0 saturated heterocycles. The smallest absolute Gasteiger partial charge is 0.218 e. The third-order valence-electron chi connectivity index (χ3n) is 3.00. The highest BCUT2D eigenvalue weighted by atomic mass is 16.5. The second-order valence-corrected chi connectivity index (χ2v) is 5.79. The Balaban J connectivity index is 2.13. The number of likely N-dealkylation sites (N-methyl/N-ethyl adjacent to an activating group) is 1. The number of rotatable bonds is 5. The maximum absolute atomic E-state index is 5.72. The SMILES string of the molecule is CN(C)CCNc1ccccc1C1=NC(C)(C)CO1. The molecule has 4 heteroatoms. The van der Waals surface area contributed by atoms with Gasteiger partial charge in [-0.1, -0.05) is 12.1 Å². The van der Waals surface area contributed by atoms with Gasteiger partial charge in [0.25, 0.3) is 0 Å². The highest BCUT2D eigenvalue weighted by Gasteiger charge is 2.27. The molecule has 0 aliphatic carbocycles. The molecule has 1 aliphatic rings. The van der Waals surface area contributed by atoms with Crippen LogP contribution in [0.4, 0.5) is 5.69 Å². The molecule has 19 heavy (non-hydrogen) atoms. The van der Waals surface area contributed by atoms with Crippen molar-refractivity contribution in [2.24, 2.45) is 4.99 Å². The number of ether oxygens (including phenoxy) is 1. The Morgan fingerprint density at radius 2 is 2.05 bits per heavy atom. The molecule has 1 N–H and O–H groups in total. The number of para-hydroxylation sites is 1. The fraction of sp³-hybridized carbons (Fsp3) is 0.533. The van der Waals surface area contributed by atoms with Gasteiger partial charge in [-0.05, 0) is 40.1 Å². The average molecular weight is 261 g/mol. The van der Waals surface area contributed by atoms with Gasteiger partial charge in [-0.2, -0.15) is 0 Å². The van der Waals surface area contributed by atoms with Crippen molar-refractivity contribution in [2.75, 3.05) is 39.1 Å². The van der Waals surface area contributed by atoms with Crippen LogP contribution < -0.4 is 5.32 Å². The lowest BCUT2D eigenvalue weighted by atomic mass is 10.1. The molecule has 1 aliphatic heterocycles. The van der Waals surface area contributed by atoms with E-state index in [1.165, 1.54) is 0 Å². The van der Waals surface area contributed by atoms with E-state index in [4.69, 9.17) is 4.74 Å². The van der Waals surface area contributed by atoms with Gasteiger partial charge in [0.1, 0.15) is 6.61 Å². The first-order valence-corrected chi connectivity index (χ1v) is 6.69. The molecule has 4 nitrogen and oxygen atoms in total. The van der Waals surface area contributed by atoms with Crippen molar-refractivity contribution in [3.05, 3.63) is 29.8 Å². The van der Waals surface area contributed by atoms with Crippen LogP contribution in [0, 0.1) is 0 Å². The van der Waals surface area contributed by atoms with Gasteiger partial charge in [-0.25, -0.2) is 4.99 Å². The van der Waals surface area contributed by atoms with Crippen LogP contribution in [0.15, 0.2) is 29.3 Å². The third-order valence-corrected chi connectivity index (χ3v) is 3.00. The summed E-state index contributed by atoms with van der Waals surface area (Å²) in [5, 5.41) is 3.45. The van der Waals surface area contributed by atoms with Crippen molar-refractivity contribution < 1.29 is 4.74 Å². The first-order chi connectivity index (χ1) is 8.98. The molecule has 1 aromatic rings. The summed E-state index contributed by atoms with van der Waals surface area (Å²) in [6.45, 7) is 6.71. The summed E-state index contributed by atoms with van der Waals surface area (Å²) in [7, 11) is 4.14. The predicted molar refractivity (Wildman–Crippen MR) is 80.1 cm³/mol. The van der Waals surface area contributed by atoms with E-state index in [0.29, 0.717) is 6.61 Å². The van der Waals surface area contributed by atoms with Crippen molar-refractivity contribution in [1.82, 2.24) is 4.90 Å². The number of nitrogens with zero attached hydrogens (tertiary/aromatic N) is 2. The lowest BCUT2D eigenvalue weighted by Crippen LogP contribution is -2.21. The Hall–Kier alpha value is -1.55. The van der Waals surface area contributed by atoms with Crippen LogP contribution >= 0.6 is 0 Å². The maximum Gasteiger partial charge on any atom is 0.218 e. The monoisotopic (exact) mass is 261 g/mol. The van der Waals surface area contributed by atoms with Gasteiger partial charge in [-0.15, -0.1) is 0 Å². The van der Waals surface area contributed by atoms with E-state index in [1.807, 2.05) is 12.1 Å². The topological polar surface area (TPSA) is 36.9 Å². The summed E-state index contributed by atoms with van der Waals surface area (Å²) in [5.41, 5.74) is 2.01. The number of aliphatic imine (C=N–C) groups is 1.